The van der Waals surface area contributed by atoms with E-state index in [1.54, 1.807) is 0 Å². The summed E-state index contributed by atoms with van der Waals surface area (Å²) < 4.78 is 2.20. The molecule has 1 aliphatic carbocycles. The van der Waals surface area contributed by atoms with Crippen molar-refractivity contribution in [1.82, 2.24) is 9.55 Å². The van der Waals surface area contributed by atoms with Crippen molar-refractivity contribution in [3.63, 3.8) is 0 Å². The van der Waals surface area contributed by atoms with Crippen molar-refractivity contribution in [2.24, 2.45) is 7.05 Å². The fraction of sp³-hybridized carbons (Fsp3) is 0.108. The molecule has 0 atom stereocenters. The molecule has 0 fully saturated rings. The third kappa shape index (κ3) is 3.00. The lowest BCUT2D eigenvalue weighted by molar-refractivity contribution is 0.651. The molecule has 2 heteroatoms. The predicted octanol–water partition coefficient (Wildman–Crippen LogP) is 9.52. The zero-order valence-corrected chi connectivity index (χ0v) is 22.4. The average Bonchev–Trinajstić information content (AvgIpc) is 3.31. The number of benzene rings is 6. The van der Waals surface area contributed by atoms with Gasteiger partial charge < -0.3 is 4.57 Å². The third-order valence-electron chi connectivity index (χ3n) is 8.76. The van der Waals surface area contributed by atoms with Gasteiger partial charge in [-0.25, -0.2) is 4.98 Å². The molecule has 0 amide bonds. The lowest BCUT2D eigenvalue weighted by Crippen LogP contribution is -2.24. The molecule has 0 bridgehead atoms. The van der Waals surface area contributed by atoms with Crippen LogP contribution in [-0.2, 0) is 12.5 Å². The van der Waals surface area contributed by atoms with Gasteiger partial charge in [-0.1, -0.05) is 111 Å². The van der Waals surface area contributed by atoms with E-state index in [0.29, 0.717) is 0 Å². The molecule has 1 aromatic heterocycles. The highest BCUT2D eigenvalue weighted by molar-refractivity contribution is 6.20. The molecule has 186 valence electrons. The van der Waals surface area contributed by atoms with E-state index in [2.05, 4.69) is 141 Å². The van der Waals surface area contributed by atoms with Crippen LogP contribution in [0.1, 0.15) is 25.0 Å². The molecule has 39 heavy (non-hydrogen) atoms. The molecule has 6 aromatic carbocycles. The maximum Gasteiger partial charge on any atom is 0.140 e. The topological polar surface area (TPSA) is 17.8 Å². The number of hydrogen-bond acceptors (Lipinski definition) is 1. The summed E-state index contributed by atoms with van der Waals surface area (Å²) in [5.41, 5.74) is 11.2. The number of aromatic nitrogens is 2. The Morgan fingerprint density at radius 1 is 0.615 bits per heavy atom. The van der Waals surface area contributed by atoms with Crippen LogP contribution in [0.3, 0.4) is 0 Å². The van der Waals surface area contributed by atoms with Crippen molar-refractivity contribution in [3.05, 3.63) is 126 Å². The number of rotatable bonds is 2. The zero-order valence-electron chi connectivity index (χ0n) is 22.4. The van der Waals surface area contributed by atoms with Crippen LogP contribution in [-0.4, -0.2) is 9.55 Å². The Morgan fingerprint density at radius 2 is 1.28 bits per heavy atom. The molecule has 2 nitrogen and oxygen atoms in total. The monoisotopic (exact) mass is 500 g/mol. The molecule has 0 spiro atoms. The summed E-state index contributed by atoms with van der Waals surface area (Å²) in [6.07, 6.45) is 0. The molecule has 0 aliphatic heterocycles. The Bertz CT molecular complexity index is 2110. The van der Waals surface area contributed by atoms with Gasteiger partial charge in [0.05, 0.1) is 11.0 Å². The molecular formula is C37H28N2. The first kappa shape index (κ1) is 22.3. The highest BCUT2D eigenvalue weighted by atomic mass is 15.1. The summed E-state index contributed by atoms with van der Waals surface area (Å²) in [5, 5.41) is 5.32. The second-order valence-corrected chi connectivity index (χ2v) is 11.3. The van der Waals surface area contributed by atoms with Crippen LogP contribution in [0.4, 0.5) is 0 Å². The summed E-state index contributed by atoms with van der Waals surface area (Å²) in [6, 6.07) is 42.0. The zero-order chi connectivity index (χ0) is 26.3. The van der Waals surface area contributed by atoms with E-state index in [1.807, 2.05) is 0 Å². The highest BCUT2D eigenvalue weighted by Gasteiger charge is 2.35. The molecule has 8 rings (SSSR count). The summed E-state index contributed by atoms with van der Waals surface area (Å²) >= 11 is 0. The molecule has 0 saturated carbocycles. The minimum Gasteiger partial charge on any atom is -0.327 e. The van der Waals surface area contributed by atoms with Crippen molar-refractivity contribution < 1.29 is 0 Å². The second-order valence-electron chi connectivity index (χ2n) is 11.3. The maximum absolute atomic E-state index is 5.00. The van der Waals surface area contributed by atoms with E-state index >= 15 is 0 Å². The van der Waals surface area contributed by atoms with Gasteiger partial charge >= 0.3 is 0 Å². The molecule has 0 N–H and O–H groups in total. The summed E-state index contributed by atoms with van der Waals surface area (Å²) in [7, 11) is 2.11. The van der Waals surface area contributed by atoms with Crippen molar-refractivity contribution in [2.45, 2.75) is 19.3 Å². The third-order valence-corrected chi connectivity index (χ3v) is 8.76. The van der Waals surface area contributed by atoms with E-state index < -0.39 is 0 Å². The van der Waals surface area contributed by atoms with E-state index in [1.165, 1.54) is 54.9 Å². The van der Waals surface area contributed by atoms with E-state index in [9.17, 15) is 0 Å². The first-order valence-electron chi connectivity index (χ1n) is 13.6. The highest BCUT2D eigenvalue weighted by Crippen LogP contribution is 2.53. The predicted molar refractivity (Wildman–Crippen MR) is 164 cm³/mol. The normalized spacial score (nSPS) is 13.7. The number of hydrogen-bond donors (Lipinski definition) is 0. The van der Waals surface area contributed by atoms with Gasteiger partial charge in [0.2, 0.25) is 0 Å². The maximum atomic E-state index is 5.00. The number of fused-ring (bicyclic) bond motifs is 5. The SMILES string of the molecule is Cn1c(-c2cccc(-c3c4ccccc4c4c5c(cccc35)-c3ccccc3C4(C)C)c2)nc2ccccc21. The minimum absolute atomic E-state index is 0.115. The number of nitrogens with zero attached hydrogens (tertiary/aromatic N) is 2. The fourth-order valence-electron chi connectivity index (χ4n) is 7.03. The van der Waals surface area contributed by atoms with Crippen LogP contribution < -0.4 is 0 Å². The Morgan fingerprint density at radius 3 is 2.15 bits per heavy atom. The Hall–Kier alpha value is -4.69. The van der Waals surface area contributed by atoms with Crippen LogP contribution in [0.15, 0.2) is 115 Å². The molecule has 1 heterocycles. The summed E-state index contributed by atoms with van der Waals surface area (Å²) in [4.78, 5) is 5.00. The molecule has 0 radical (unpaired) electrons. The quantitative estimate of drug-likeness (QED) is 0.216. The molecule has 1 aliphatic rings. The molecule has 7 aromatic rings. The van der Waals surface area contributed by atoms with Gasteiger partial charge in [0, 0.05) is 18.0 Å². The lowest BCUT2D eigenvalue weighted by atomic mass is 9.66. The average molecular weight is 501 g/mol. The first-order valence-corrected chi connectivity index (χ1v) is 13.6. The fourth-order valence-corrected chi connectivity index (χ4v) is 7.03. The van der Waals surface area contributed by atoms with Gasteiger partial charge in [0.15, 0.2) is 0 Å². The minimum atomic E-state index is -0.115. The smallest absolute Gasteiger partial charge is 0.140 e. The van der Waals surface area contributed by atoms with E-state index in [0.717, 1.165) is 22.4 Å². The van der Waals surface area contributed by atoms with Crippen molar-refractivity contribution in [3.8, 4) is 33.6 Å². The second kappa shape index (κ2) is 7.91. The Labute approximate surface area is 228 Å². The van der Waals surface area contributed by atoms with Gasteiger partial charge in [0.1, 0.15) is 5.82 Å². The number of para-hydroxylation sites is 2. The van der Waals surface area contributed by atoms with Gasteiger partial charge in [-0.3, -0.25) is 0 Å². The largest absolute Gasteiger partial charge is 0.327 e. The standard InChI is InChI=1S/C37H28N2/c1-37(2)30-19-7-6-14-25(30)26-17-11-18-29-33(27-15-4-5-16-28(27)35(37)34(26)29)23-12-10-13-24(22-23)36-38-31-20-8-9-21-32(31)39(36)3/h4-22H,1-3H3. The van der Waals surface area contributed by atoms with Gasteiger partial charge in [0.25, 0.3) is 0 Å². The summed E-state index contributed by atoms with van der Waals surface area (Å²) in [6.45, 7) is 4.77. The van der Waals surface area contributed by atoms with E-state index in [4.69, 9.17) is 4.98 Å². The first-order chi connectivity index (χ1) is 19.0. The van der Waals surface area contributed by atoms with Crippen LogP contribution >= 0.6 is 0 Å². The van der Waals surface area contributed by atoms with Crippen molar-refractivity contribution >= 4 is 32.6 Å². The van der Waals surface area contributed by atoms with Crippen molar-refractivity contribution in [2.75, 3.05) is 0 Å². The van der Waals surface area contributed by atoms with Crippen LogP contribution in [0.5, 0.6) is 0 Å². The van der Waals surface area contributed by atoms with Crippen molar-refractivity contribution in [1.29, 1.82) is 0 Å². The Kier molecular flexibility index (Phi) is 4.52. The van der Waals surface area contributed by atoms with Crippen LogP contribution in [0.25, 0.3) is 66.2 Å². The molecule has 0 saturated heterocycles. The molecule has 0 unspecified atom stereocenters. The van der Waals surface area contributed by atoms with Crippen LogP contribution in [0, 0.1) is 0 Å². The van der Waals surface area contributed by atoms with Crippen LogP contribution in [0.2, 0.25) is 0 Å². The number of aryl methyl sites for hydroxylation is 1. The van der Waals surface area contributed by atoms with E-state index in [-0.39, 0.29) is 5.41 Å². The van der Waals surface area contributed by atoms with Gasteiger partial charge in [-0.2, -0.15) is 0 Å². The van der Waals surface area contributed by atoms with Gasteiger partial charge in [-0.05, 0) is 73.1 Å². The number of imidazole rings is 1. The summed E-state index contributed by atoms with van der Waals surface area (Å²) in [5.74, 6) is 0.986. The van der Waals surface area contributed by atoms with Gasteiger partial charge in [-0.15, -0.1) is 0 Å². The Balaban J connectivity index is 1.48. The lowest BCUT2D eigenvalue weighted by Gasteiger charge is -2.37. The molecular weight excluding hydrogens is 472 g/mol.